The summed E-state index contributed by atoms with van der Waals surface area (Å²) in [5.41, 5.74) is 1.19. The number of carbonyl (C=O) groups is 2. The number of alkyl carbamates (subject to hydrolysis) is 1. The number of benzene rings is 2. The topological polar surface area (TPSA) is 67.4 Å². The van der Waals surface area contributed by atoms with Crippen molar-refractivity contribution in [3.63, 3.8) is 0 Å². The smallest absolute Gasteiger partial charge is 0.408 e. The summed E-state index contributed by atoms with van der Waals surface area (Å²) in [6.07, 6.45) is -0.0160. The SMILES string of the molecule is CC[C@H](C)[C@H](NC(=O)OCc1ccccc1)C(=O)Nc1ccc(F)c(Cl)c1. The Morgan fingerprint density at radius 3 is 2.52 bits per heavy atom. The van der Waals surface area contributed by atoms with Crippen LogP contribution in [-0.4, -0.2) is 18.0 Å². The van der Waals surface area contributed by atoms with Gasteiger partial charge in [-0.15, -0.1) is 0 Å². The Balaban J connectivity index is 1.99. The summed E-state index contributed by atoms with van der Waals surface area (Å²) in [6.45, 7) is 3.87. The van der Waals surface area contributed by atoms with Gasteiger partial charge in [0.05, 0.1) is 5.02 Å². The zero-order valence-electron chi connectivity index (χ0n) is 15.2. The number of carbonyl (C=O) groups excluding carboxylic acids is 2. The lowest BCUT2D eigenvalue weighted by atomic mass is 9.98. The highest BCUT2D eigenvalue weighted by molar-refractivity contribution is 6.31. The van der Waals surface area contributed by atoms with Gasteiger partial charge in [0, 0.05) is 5.69 Å². The van der Waals surface area contributed by atoms with Crippen LogP contribution in [0.3, 0.4) is 0 Å². The number of hydrogen-bond donors (Lipinski definition) is 2. The number of anilines is 1. The molecule has 0 aliphatic carbocycles. The van der Waals surface area contributed by atoms with Crippen LogP contribution >= 0.6 is 11.6 Å². The molecule has 0 radical (unpaired) electrons. The molecule has 27 heavy (non-hydrogen) atoms. The molecule has 2 rings (SSSR count). The molecule has 5 nitrogen and oxygen atoms in total. The molecule has 0 saturated carbocycles. The maximum atomic E-state index is 13.3. The Hall–Kier alpha value is -2.60. The quantitative estimate of drug-likeness (QED) is 0.713. The molecular weight excluding hydrogens is 371 g/mol. The molecule has 2 amide bonds. The summed E-state index contributed by atoms with van der Waals surface area (Å²) in [5, 5.41) is 5.15. The molecule has 0 aliphatic rings. The highest BCUT2D eigenvalue weighted by Gasteiger charge is 2.26. The first-order chi connectivity index (χ1) is 12.9. The second-order valence-corrected chi connectivity index (χ2v) is 6.59. The van der Waals surface area contributed by atoms with Crippen molar-refractivity contribution in [2.45, 2.75) is 32.9 Å². The van der Waals surface area contributed by atoms with Crippen LogP contribution in [0.4, 0.5) is 14.9 Å². The van der Waals surface area contributed by atoms with Crippen LogP contribution in [0, 0.1) is 11.7 Å². The van der Waals surface area contributed by atoms with E-state index >= 15 is 0 Å². The van der Waals surface area contributed by atoms with Gasteiger partial charge in [0.1, 0.15) is 18.5 Å². The molecule has 0 saturated heterocycles. The van der Waals surface area contributed by atoms with Gasteiger partial charge in [0.15, 0.2) is 0 Å². The van der Waals surface area contributed by atoms with E-state index in [9.17, 15) is 14.0 Å². The Bertz CT molecular complexity index is 786. The van der Waals surface area contributed by atoms with E-state index in [2.05, 4.69) is 10.6 Å². The van der Waals surface area contributed by atoms with Gasteiger partial charge in [-0.2, -0.15) is 0 Å². The highest BCUT2D eigenvalue weighted by Crippen LogP contribution is 2.20. The monoisotopic (exact) mass is 392 g/mol. The number of hydrogen-bond acceptors (Lipinski definition) is 3. The Kier molecular flexibility index (Phi) is 7.61. The number of ether oxygens (including phenoxy) is 1. The first kappa shape index (κ1) is 20.7. The van der Waals surface area contributed by atoms with E-state index in [0.717, 1.165) is 11.6 Å². The molecule has 0 fully saturated rings. The Morgan fingerprint density at radius 2 is 1.89 bits per heavy atom. The standard InChI is InChI=1S/C20H22ClFN2O3/c1-3-13(2)18(19(25)23-15-9-10-17(22)16(21)11-15)24-20(26)27-12-14-7-5-4-6-8-14/h4-11,13,18H,3,12H2,1-2H3,(H,23,25)(H,24,26)/t13-,18-/m0/s1. The zero-order chi connectivity index (χ0) is 19.8. The van der Waals surface area contributed by atoms with E-state index in [0.29, 0.717) is 12.1 Å². The summed E-state index contributed by atoms with van der Waals surface area (Å²) < 4.78 is 18.4. The summed E-state index contributed by atoms with van der Waals surface area (Å²) >= 11 is 5.73. The predicted octanol–water partition coefficient (Wildman–Crippen LogP) is 4.76. The molecule has 144 valence electrons. The van der Waals surface area contributed by atoms with Gasteiger partial charge in [0.25, 0.3) is 0 Å². The van der Waals surface area contributed by atoms with Crippen molar-refractivity contribution in [1.82, 2.24) is 5.32 Å². The maximum Gasteiger partial charge on any atom is 0.408 e. The van der Waals surface area contributed by atoms with E-state index < -0.39 is 23.9 Å². The van der Waals surface area contributed by atoms with Crippen LogP contribution in [0.1, 0.15) is 25.8 Å². The molecular formula is C20H22ClFN2O3. The molecule has 2 aromatic carbocycles. The van der Waals surface area contributed by atoms with E-state index in [1.807, 2.05) is 44.2 Å². The lowest BCUT2D eigenvalue weighted by molar-refractivity contribution is -0.119. The van der Waals surface area contributed by atoms with Gasteiger partial charge in [-0.05, 0) is 29.7 Å². The van der Waals surface area contributed by atoms with Crippen LogP contribution < -0.4 is 10.6 Å². The van der Waals surface area contributed by atoms with E-state index in [1.54, 1.807) is 0 Å². The van der Waals surface area contributed by atoms with Crippen molar-refractivity contribution >= 4 is 29.3 Å². The van der Waals surface area contributed by atoms with Crippen LogP contribution in [0.5, 0.6) is 0 Å². The van der Waals surface area contributed by atoms with E-state index in [4.69, 9.17) is 16.3 Å². The minimum atomic E-state index is -0.804. The minimum Gasteiger partial charge on any atom is -0.445 e. The summed E-state index contributed by atoms with van der Waals surface area (Å²) in [4.78, 5) is 24.7. The van der Waals surface area contributed by atoms with Gasteiger partial charge in [-0.25, -0.2) is 9.18 Å². The second-order valence-electron chi connectivity index (χ2n) is 6.19. The average molecular weight is 393 g/mol. The molecule has 0 spiro atoms. The normalized spacial score (nSPS) is 12.7. The first-order valence-corrected chi connectivity index (χ1v) is 9.01. The van der Waals surface area contributed by atoms with Gasteiger partial charge in [-0.1, -0.05) is 62.2 Å². The fraction of sp³-hybridized carbons (Fsp3) is 0.300. The summed E-state index contributed by atoms with van der Waals surface area (Å²) in [6, 6.07) is 12.3. The Labute approximate surface area is 162 Å². The van der Waals surface area contributed by atoms with Crippen molar-refractivity contribution in [1.29, 1.82) is 0 Å². The molecule has 2 N–H and O–H groups in total. The number of amides is 2. The summed E-state index contributed by atoms with van der Waals surface area (Å²) in [7, 11) is 0. The van der Waals surface area contributed by atoms with Crippen LogP contribution in [0.15, 0.2) is 48.5 Å². The lowest BCUT2D eigenvalue weighted by Gasteiger charge is -2.23. The molecule has 2 aromatic rings. The third kappa shape index (κ3) is 6.25. The third-order valence-corrected chi connectivity index (χ3v) is 4.46. The van der Waals surface area contributed by atoms with Gasteiger partial charge in [0.2, 0.25) is 5.91 Å². The molecule has 0 aromatic heterocycles. The molecule has 2 atom stereocenters. The number of rotatable bonds is 7. The maximum absolute atomic E-state index is 13.3. The molecule has 0 bridgehead atoms. The van der Waals surface area contributed by atoms with Gasteiger partial charge in [-0.3, -0.25) is 4.79 Å². The van der Waals surface area contributed by atoms with Gasteiger partial charge < -0.3 is 15.4 Å². The van der Waals surface area contributed by atoms with Crippen molar-refractivity contribution in [3.8, 4) is 0 Å². The number of halogens is 2. The molecule has 0 heterocycles. The number of nitrogens with one attached hydrogen (secondary N) is 2. The van der Waals surface area contributed by atoms with E-state index in [-0.39, 0.29) is 17.5 Å². The summed E-state index contributed by atoms with van der Waals surface area (Å²) in [5.74, 6) is -1.13. The first-order valence-electron chi connectivity index (χ1n) is 8.63. The fourth-order valence-corrected chi connectivity index (χ4v) is 2.57. The third-order valence-electron chi connectivity index (χ3n) is 4.17. The van der Waals surface area contributed by atoms with Crippen LogP contribution in [0.2, 0.25) is 5.02 Å². The van der Waals surface area contributed by atoms with E-state index in [1.165, 1.54) is 12.1 Å². The van der Waals surface area contributed by atoms with Gasteiger partial charge >= 0.3 is 6.09 Å². The molecule has 0 unspecified atom stereocenters. The van der Waals surface area contributed by atoms with Crippen LogP contribution in [0.25, 0.3) is 0 Å². The largest absolute Gasteiger partial charge is 0.445 e. The predicted molar refractivity (Wildman–Crippen MR) is 103 cm³/mol. The average Bonchev–Trinajstić information content (AvgIpc) is 2.67. The van der Waals surface area contributed by atoms with Crippen molar-refractivity contribution < 1.29 is 18.7 Å². The zero-order valence-corrected chi connectivity index (χ0v) is 15.9. The fourth-order valence-electron chi connectivity index (χ4n) is 2.39. The minimum absolute atomic E-state index is 0.0943. The van der Waals surface area contributed by atoms with Crippen LogP contribution in [-0.2, 0) is 16.1 Å². The lowest BCUT2D eigenvalue weighted by Crippen LogP contribution is -2.47. The highest BCUT2D eigenvalue weighted by atomic mass is 35.5. The second kappa shape index (κ2) is 9.92. The van der Waals surface area contributed by atoms with Crippen molar-refractivity contribution in [2.75, 3.05) is 5.32 Å². The van der Waals surface area contributed by atoms with Crippen molar-refractivity contribution in [3.05, 3.63) is 64.9 Å². The molecule has 0 aliphatic heterocycles. The van der Waals surface area contributed by atoms with Crippen molar-refractivity contribution in [2.24, 2.45) is 5.92 Å². The molecule has 7 heteroatoms. The Morgan fingerprint density at radius 1 is 1.19 bits per heavy atom.